The van der Waals surface area contributed by atoms with Gasteiger partial charge in [0.15, 0.2) is 11.5 Å². The van der Waals surface area contributed by atoms with Gasteiger partial charge in [0.1, 0.15) is 5.56 Å². The van der Waals surface area contributed by atoms with Crippen LogP contribution in [0, 0.1) is 0 Å². The summed E-state index contributed by atoms with van der Waals surface area (Å²) in [6.07, 6.45) is 7.68. The molecule has 0 unspecified atom stereocenters. The number of hydrogen-bond donors (Lipinski definition) is 1. The number of unbranched alkanes of at least 4 members (excludes halogenated alkanes) is 3. The Labute approximate surface area is 171 Å². The SMILES string of the molecule is CCCCCCOc1ccc(/C=N\NC(=O)c2cccn(CC)c2=O)cc1OC. The summed E-state index contributed by atoms with van der Waals surface area (Å²) in [5, 5.41) is 3.95. The highest BCUT2D eigenvalue weighted by molar-refractivity contribution is 5.94. The molecule has 0 saturated carbocycles. The molecule has 0 fully saturated rings. The number of hydrogen-bond acceptors (Lipinski definition) is 5. The number of pyridine rings is 1. The normalized spacial score (nSPS) is 10.9. The number of amides is 1. The molecule has 0 radical (unpaired) electrons. The Morgan fingerprint density at radius 3 is 2.72 bits per heavy atom. The Balaban J connectivity index is 1.98. The number of carbonyl (C=O) groups is 1. The minimum absolute atomic E-state index is 0.0518. The molecule has 1 aromatic heterocycles. The highest BCUT2D eigenvalue weighted by Gasteiger charge is 2.10. The molecule has 0 aliphatic carbocycles. The van der Waals surface area contributed by atoms with Crippen LogP contribution in [-0.2, 0) is 6.54 Å². The Kier molecular flexibility index (Phi) is 8.95. The molecule has 0 bridgehead atoms. The van der Waals surface area contributed by atoms with Gasteiger partial charge in [0, 0.05) is 12.7 Å². The number of nitrogens with zero attached hydrogens (tertiary/aromatic N) is 2. The van der Waals surface area contributed by atoms with Crippen LogP contribution in [0.2, 0.25) is 0 Å². The molecule has 0 aliphatic rings. The van der Waals surface area contributed by atoms with Crippen molar-refractivity contribution in [2.75, 3.05) is 13.7 Å². The van der Waals surface area contributed by atoms with Crippen molar-refractivity contribution in [3.63, 3.8) is 0 Å². The van der Waals surface area contributed by atoms with E-state index in [9.17, 15) is 9.59 Å². The second kappa shape index (κ2) is 11.7. The zero-order chi connectivity index (χ0) is 21.1. The standard InChI is InChI=1S/C22H29N3O4/c1-4-6-7-8-14-29-19-12-11-17(15-20(19)28-3)16-23-24-21(26)18-10-9-13-25(5-2)22(18)27/h9-13,15-16H,4-8,14H2,1-3H3,(H,24,26)/b23-16-. The minimum atomic E-state index is -0.548. The molecular weight excluding hydrogens is 370 g/mol. The highest BCUT2D eigenvalue weighted by atomic mass is 16.5. The number of benzene rings is 1. The zero-order valence-corrected chi connectivity index (χ0v) is 17.3. The lowest BCUT2D eigenvalue weighted by molar-refractivity contribution is 0.0953. The van der Waals surface area contributed by atoms with Crippen LogP contribution in [0.4, 0.5) is 0 Å². The summed E-state index contributed by atoms with van der Waals surface area (Å²) in [6.45, 7) is 5.16. The fourth-order valence-electron chi connectivity index (χ4n) is 2.78. The summed E-state index contributed by atoms with van der Waals surface area (Å²) >= 11 is 0. The number of ether oxygens (including phenoxy) is 2. The Morgan fingerprint density at radius 2 is 2.00 bits per heavy atom. The van der Waals surface area contributed by atoms with E-state index in [-0.39, 0.29) is 11.1 Å². The third kappa shape index (κ3) is 6.48. The summed E-state index contributed by atoms with van der Waals surface area (Å²) in [7, 11) is 1.58. The Bertz CT molecular complexity index is 890. The maximum atomic E-state index is 12.2. The largest absolute Gasteiger partial charge is 0.493 e. The molecule has 1 N–H and O–H groups in total. The van der Waals surface area contributed by atoms with Crippen molar-refractivity contribution in [1.29, 1.82) is 0 Å². The molecule has 156 valence electrons. The predicted molar refractivity (Wildman–Crippen MR) is 114 cm³/mol. The number of hydrazone groups is 1. The number of aryl methyl sites for hydroxylation is 1. The molecular formula is C22H29N3O4. The van der Waals surface area contributed by atoms with E-state index in [0.29, 0.717) is 24.7 Å². The summed E-state index contributed by atoms with van der Waals surface area (Å²) in [6, 6.07) is 8.57. The van der Waals surface area contributed by atoms with E-state index < -0.39 is 5.91 Å². The van der Waals surface area contributed by atoms with Crippen LogP contribution in [0.1, 0.15) is 55.5 Å². The smallest absolute Gasteiger partial charge is 0.276 e. The van der Waals surface area contributed by atoms with E-state index in [2.05, 4.69) is 17.5 Å². The van der Waals surface area contributed by atoms with Crippen molar-refractivity contribution in [2.24, 2.45) is 5.10 Å². The van der Waals surface area contributed by atoms with E-state index in [0.717, 1.165) is 18.4 Å². The first kappa shape index (κ1) is 22.2. The van der Waals surface area contributed by atoms with Gasteiger partial charge in [-0.2, -0.15) is 5.10 Å². The average molecular weight is 399 g/mol. The Morgan fingerprint density at radius 1 is 1.17 bits per heavy atom. The van der Waals surface area contributed by atoms with Crippen molar-refractivity contribution in [1.82, 2.24) is 9.99 Å². The van der Waals surface area contributed by atoms with Gasteiger partial charge >= 0.3 is 0 Å². The summed E-state index contributed by atoms with van der Waals surface area (Å²) in [5.74, 6) is 0.729. The van der Waals surface area contributed by atoms with E-state index >= 15 is 0 Å². The molecule has 0 atom stereocenters. The van der Waals surface area contributed by atoms with E-state index in [1.165, 1.54) is 29.7 Å². The molecule has 1 amide bonds. The van der Waals surface area contributed by atoms with Crippen LogP contribution in [0.5, 0.6) is 11.5 Å². The van der Waals surface area contributed by atoms with Crippen molar-refractivity contribution in [3.05, 3.63) is 58.0 Å². The average Bonchev–Trinajstić information content (AvgIpc) is 2.74. The molecule has 2 rings (SSSR count). The van der Waals surface area contributed by atoms with Gasteiger partial charge in [-0.25, -0.2) is 5.43 Å². The number of methoxy groups -OCH3 is 1. The van der Waals surface area contributed by atoms with Gasteiger partial charge < -0.3 is 14.0 Å². The fourth-order valence-corrected chi connectivity index (χ4v) is 2.78. The minimum Gasteiger partial charge on any atom is -0.493 e. The molecule has 1 aromatic carbocycles. The van der Waals surface area contributed by atoms with Crippen LogP contribution in [0.15, 0.2) is 46.4 Å². The van der Waals surface area contributed by atoms with E-state index in [1.807, 2.05) is 19.1 Å². The van der Waals surface area contributed by atoms with Crippen LogP contribution in [0.25, 0.3) is 0 Å². The Hall–Kier alpha value is -3.09. The van der Waals surface area contributed by atoms with Crippen molar-refractivity contribution in [3.8, 4) is 11.5 Å². The van der Waals surface area contributed by atoms with E-state index in [1.54, 1.807) is 25.4 Å². The lowest BCUT2D eigenvalue weighted by Gasteiger charge is -2.11. The molecule has 0 saturated heterocycles. The second-order valence-electron chi connectivity index (χ2n) is 6.53. The van der Waals surface area contributed by atoms with Gasteiger partial charge in [-0.1, -0.05) is 26.2 Å². The maximum absolute atomic E-state index is 12.2. The zero-order valence-electron chi connectivity index (χ0n) is 17.3. The molecule has 0 aliphatic heterocycles. The first-order valence-corrected chi connectivity index (χ1v) is 9.94. The molecule has 7 heteroatoms. The maximum Gasteiger partial charge on any atom is 0.276 e. The van der Waals surface area contributed by atoms with E-state index in [4.69, 9.17) is 9.47 Å². The predicted octanol–water partition coefficient (Wildman–Crippen LogP) is 3.60. The van der Waals surface area contributed by atoms with Gasteiger partial charge in [0.2, 0.25) is 0 Å². The number of carbonyl (C=O) groups excluding carboxylic acids is 1. The molecule has 29 heavy (non-hydrogen) atoms. The number of nitrogens with one attached hydrogen (secondary N) is 1. The molecule has 7 nitrogen and oxygen atoms in total. The van der Waals surface area contributed by atoms with Crippen molar-refractivity contribution >= 4 is 12.1 Å². The number of aromatic nitrogens is 1. The fraction of sp³-hybridized carbons (Fsp3) is 0.409. The third-order valence-corrected chi connectivity index (χ3v) is 4.43. The summed E-state index contributed by atoms with van der Waals surface area (Å²) in [5.41, 5.74) is 2.84. The lowest BCUT2D eigenvalue weighted by Crippen LogP contribution is -2.30. The van der Waals surface area contributed by atoms with Gasteiger partial charge in [0.25, 0.3) is 11.5 Å². The highest BCUT2D eigenvalue weighted by Crippen LogP contribution is 2.27. The van der Waals surface area contributed by atoms with Gasteiger partial charge in [-0.15, -0.1) is 0 Å². The molecule has 2 aromatic rings. The van der Waals surface area contributed by atoms with Crippen LogP contribution in [0.3, 0.4) is 0 Å². The first-order valence-electron chi connectivity index (χ1n) is 9.94. The quantitative estimate of drug-likeness (QED) is 0.356. The topological polar surface area (TPSA) is 81.9 Å². The third-order valence-electron chi connectivity index (χ3n) is 4.43. The molecule has 1 heterocycles. The second-order valence-corrected chi connectivity index (χ2v) is 6.53. The van der Waals surface area contributed by atoms with Crippen LogP contribution in [-0.4, -0.2) is 30.4 Å². The van der Waals surface area contributed by atoms with Gasteiger partial charge in [-0.05, 0) is 49.2 Å². The van der Waals surface area contributed by atoms with Crippen molar-refractivity contribution < 1.29 is 14.3 Å². The monoisotopic (exact) mass is 399 g/mol. The van der Waals surface area contributed by atoms with Crippen LogP contribution >= 0.6 is 0 Å². The van der Waals surface area contributed by atoms with Gasteiger partial charge in [-0.3, -0.25) is 9.59 Å². The number of rotatable bonds is 11. The lowest BCUT2D eigenvalue weighted by atomic mass is 10.2. The van der Waals surface area contributed by atoms with Crippen LogP contribution < -0.4 is 20.5 Å². The van der Waals surface area contributed by atoms with Gasteiger partial charge in [0.05, 0.1) is 19.9 Å². The molecule has 0 spiro atoms. The van der Waals surface area contributed by atoms with Crippen molar-refractivity contribution in [2.45, 2.75) is 46.1 Å². The first-order chi connectivity index (χ1) is 14.1. The summed E-state index contributed by atoms with van der Waals surface area (Å²) in [4.78, 5) is 24.4. The summed E-state index contributed by atoms with van der Waals surface area (Å²) < 4.78 is 12.6.